The van der Waals surface area contributed by atoms with E-state index in [1.54, 1.807) is 19.2 Å². The van der Waals surface area contributed by atoms with E-state index in [1.807, 2.05) is 6.07 Å². The molecule has 0 spiro atoms. The maximum absolute atomic E-state index is 10.8. The van der Waals surface area contributed by atoms with E-state index >= 15 is 0 Å². The van der Waals surface area contributed by atoms with Crippen molar-refractivity contribution in [1.29, 1.82) is 0 Å². The lowest BCUT2D eigenvalue weighted by Crippen LogP contribution is -2.13. The third-order valence-corrected chi connectivity index (χ3v) is 2.24. The Morgan fingerprint density at radius 2 is 1.88 bits per heavy atom. The zero-order valence-corrected chi connectivity index (χ0v) is 10.5. The maximum Gasteiger partial charge on any atom is 0.308 e. The van der Waals surface area contributed by atoms with Gasteiger partial charge in [0.1, 0.15) is 11.5 Å². The second-order valence-electron chi connectivity index (χ2n) is 4.71. The average molecular weight is 222 g/mol. The summed E-state index contributed by atoms with van der Waals surface area (Å²) in [5.41, 5.74) is 1.09. The Balaban J connectivity index is 3.12. The Kier molecular flexibility index (Phi) is 3.58. The Bertz CT molecular complexity index is 389. The van der Waals surface area contributed by atoms with Crippen LogP contribution in [0.5, 0.6) is 11.5 Å². The molecule has 0 atom stereocenters. The summed E-state index contributed by atoms with van der Waals surface area (Å²) in [6.45, 7) is 7.70. The average Bonchev–Trinajstić information content (AvgIpc) is 2.14. The summed E-state index contributed by atoms with van der Waals surface area (Å²) in [4.78, 5) is 10.8. The summed E-state index contributed by atoms with van der Waals surface area (Å²) in [6.07, 6.45) is 0. The van der Waals surface area contributed by atoms with E-state index in [2.05, 4.69) is 20.8 Å². The molecule has 3 nitrogen and oxygen atoms in total. The molecular weight excluding hydrogens is 204 g/mol. The second kappa shape index (κ2) is 4.56. The molecule has 3 heteroatoms. The van der Waals surface area contributed by atoms with E-state index in [-0.39, 0.29) is 11.4 Å². The first kappa shape index (κ1) is 12.6. The van der Waals surface area contributed by atoms with Crippen LogP contribution in [0.1, 0.15) is 33.3 Å². The molecule has 88 valence electrons. The number of esters is 1. The lowest BCUT2D eigenvalue weighted by atomic mass is 9.86. The topological polar surface area (TPSA) is 35.5 Å². The largest absolute Gasteiger partial charge is 0.496 e. The molecule has 1 aromatic rings. The molecule has 0 aliphatic heterocycles. The molecular formula is C13H18O3. The second-order valence-corrected chi connectivity index (χ2v) is 4.71. The standard InChI is InChI=1S/C13H18O3/c1-9(14)16-10-6-7-11(13(2,3)4)12(8-10)15-5/h6-8H,1-5H3. The number of hydrogen-bond acceptors (Lipinski definition) is 3. The molecule has 0 unspecified atom stereocenters. The van der Waals surface area contributed by atoms with Crippen LogP contribution in [-0.2, 0) is 10.2 Å². The normalized spacial score (nSPS) is 11.1. The van der Waals surface area contributed by atoms with Crippen LogP contribution in [0.25, 0.3) is 0 Å². The van der Waals surface area contributed by atoms with Crippen molar-refractivity contribution >= 4 is 5.97 Å². The zero-order valence-electron chi connectivity index (χ0n) is 10.5. The first-order chi connectivity index (χ1) is 7.34. The van der Waals surface area contributed by atoms with E-state index in [0.29, 0.717) is 5.75 Å². The maximum atomic E-state index is 10.8. The van der Waals surface area contributed by atoms with E-state index < -0.39 is 0 Å². The Morgan fingerprint density at radius 1 is 1.25 bits per heavy atom. The first-order valence-corrected chi connectivity index (χ1v) is 5.21. The van der Waals surface area contributed by atoms with Crippen molar-refractivity contribution in [1.82, 2.24) is 0 Å². The van der Waals surface area contributed by atoms with E-state index in [0.717, 1.165) is 11.3 Å². The number of carbonyl (C=O) groups excluding carboxylic acids is 1. The lowest BCUT2D eigenvalue weighted by molar-refractivity contribution is -0.131. The molecule has 0 saturated carbocycles. The molecule has 0 aliphatic carbocycles. The predicted octanol–water partition coefficient (Wildman–Crippen LogP) is 2.92. The van der Waals surface area contributed by atoms with E-state index in [1.165, 1.54) is 6.92 Å². The number of ether oxygens (including phenoxy) is 2. The fourth-order valence-electron chi connectivity index (χ4n) is 1.52. The molecule has 1 rings (SSSR count). The highest BCUT2D eigenvalue weighted by Gasteiger charge is 2.19. The molecule has 1 aromatic carbocycles. The summed E-state index contributed by atoms with van der Waals surface area (Å²) in [5.74, 6) is 0.925. The lowest BCUT2D eigenvalue weighted by Gasteiger charge is -2.22. The van der Waals surface area contributed by atoms with Crippen LogP contribution in [0.2, 0.25) is 0 Å². The van der Waals surface area contributed by atoms with Gasteiger partial charge < -0.3 is 9.47 Å². The summed E-state index contributed by atoms with van der Waals surface area (Å²) in [7, 11) is 1.61. The first-order valence-electron chi connectivity index (χ1n) is 5.21. The zero-order chi connectivity index (χ0) is 12.3. The monoisotopic (exact) mass is 222 g/mol. The van der Waals surface area contributed by atoms with Gasteiger partial charge in [-0.15, -0.1) is 0 Å². The van der Waals surface area contributed by atoms with Crippen LogP contribution in [0.4, 0.5) is 0 Å². The quantitative estimate of drug-likeness (QED) is 0.570. The third-order valence-electron chi connectivity index (χ3n) is 2.24. The minimum atomic E-state index is -0.328. The number of methoxy groups -OCH3 is 1. The van der Waals surface area contributed by atoms with E-state index in [9.17, 15) is 4.79 Å². The fourth-order valence-corrected chi connectivity index (χ4v) is 1.52. The van der Waals surface area contributed by atoms with Gasteiger partial charge in [-0.3, -0.25) is 4.79 Å². The van der Waals surface area contributed by atoms with Gasteiger partial charge in [-0.05, 0) is 17.0 Å². The van der Waals surface area contributed by atoms with Crippen molar-refractivity contribution in [2.24, 2.45) is 0 Å². The van der Waals surface area contributed by atoms with Crippen molar-refractivity contribution < 1.29 is 14.3 Å². The van der Waals surface area contributed by atoms with Gasteiger partial charge in [-0.2, -0.15) is 0 Å². The summed E-state index contributed by atoms with van der Waals surface area (Å²) in [6, 6.07) is 5.45. The van der Waals surface area contributed by atoms with Crippen LogP contribution >= 0.6 is 0 Å². The van der Waals surface area contributed by atoms with Crippen LogP contribution in [-0.4, -0.2) is 13.1 Å². The molecule has 0 saturated heterocycles. The van der Waals surface area contributed by atoms with Gasteiger partial charge in [0.15, 0.2) is 0 Å². The number of hydrogen-bond donors (Lipinski definition) is 0. The molecule has 0 amide bonds. The minimum Gasteiger partial charge on any atom is -0.496 e. The molecule has 16 heavy (non-hydrogen) atoms. The third kappa shape index (κ3) is 2.99. The van der Waals surface area contributed by atoms with Crippen LogP contribution in [0.15, 0.2) is 18.2 Å². The molecule has 0 N–H and O–H groups in total. The Morgan fingerprint density at radius 3 is 2.31 bits per heavy atom. The predicted molar refractivity (Wildman–Crippen MR) is 63.0 cm³/mol. The van der Waals surface area contributed by atoms with Gasteiger partial charge in [-0.25, -0.2) is 0 Å². The molecule has 0 heterocycles. The highest BCUT2D eigenvalue weighted by Crippen LogP contribution is 2.33. The molecule has 0 aliphatic rings. The summed E-state index contributed by atoms with van der Waals surface area (Å²) >= 11 is 0. The van der Waals surface area contributed by atoms with Crippen LogP contribution < -0.4 is 9.47 Å². The van der Waals surface area contributed by atoms with Crippen molar-refractivity contribution in [3.8, 4) is 11.5 Å². The fraction of sp³-hybridized carbons (Fsp3) is 0.462. The van der Waals surface area contributed by atoms with Gasteiger partial charge in [0.25, 0.3) is 0 Å². The summed E-state index contributed by atoms with van der Waals surface area (Å²) in [5, 5.41) is 0. The van der Waals surface area contributed by atoms with Gasteiger partial charge in [0.2, 0.25) is 0 Å². The van der Waals surface area contributed by atoms with Gasteiger partial charge in [-0.1, -0.05) is 26.8 Å². The molecule has 0 bridgehead atoms. The van der Waals surface area contributed by atoms with Crippen LogP contribution in [0, 0.1) is 0 Å². The van der Waals surface area contributed by atoms with E-state index in [4.69, 9.17) is 9.47 Å². The van der Waals surface area contributed by atoms with Gasteiger partial charge in [0, 0.05) is 13.0 Å². The summed E-state index contributed by atoms with van der Waals surface area (Å²) < 4.78 is 10.3. The molecule has 0 radical (unpaired) electrons. The Labute approximate surface area is 96.4 Å². The van der Waals surface area contributed by atoms with Crippen molar-refractivity contribution in [2.75, 3.05) is 7.11 Å². The molecule has 0 fully saturated rings. The van der Waals surface area contributed by atoms with Crippen molar-refractivity contribution in [3.63, 3.8) is 0 Å². The number of carbonyl (C=O) groups is 1. The van der Waals surface area contributed by atoms with Crippen LogP contribution in [0.3, 0.4) is 0 Å². The number of rotatable bonds is 2. The van der Waals surface area contributed by atoms with Gasteiger partial charge in [0.05, 0.1) is 7.11 Å². The highest BCUT2D eigenvalue weighted by molar-refractivity contribution is 5.69. The highest BCUT2D eigenvalue weighted by atomic mass is 16.5. The minimum absolute atomic E-state index is 0.0000961. The van der Waals surface area contributed by atoms with Crippen molar-refractivity contribution in [2.45, 2.75) is 33.1 Å². The Hall–Kier alpha value is -1.51. The van der Waals surface area contributed by atoms with Gasteiger partial charge >= 0.3 is 5.97 Å². The molecule has 0 aromatic heterocycles. The number of benzene rings is 1. The SMILES string of the molecule is COc1cc(OC(C)=O)ccc1C(C)(C)C. The van der Waals surface area contributed by atoms with Crippen molar-refractivity contribution in [3.05, 3.63) is 23.8 Å². The smallest absolute Gasteiger partial charge is 0.308 e.